The summed E-state index contributed by atoms with van der Waals surface area (Å²) in [4.78, 5) is 20.3. The van der Waals surface area contributed by atoms with Gasteiger partial charge in [0.05, 0.1) is 5.75 Å². The van der Waals surface area contributed by atoms with Gasteiger partial charge < -0.3 is 9.47 Å². The number of nitrogens with zero attached hydrogens (tertiary/aromatic N) is 3. The van der Waals surface area contributed by atoms with Crippen molar-refractivity contribution >= 4 is 17.7 Å². The number of imidazole rings is 1. The summed E-state index contributed by atoms with van der Waals surface area (Å²) in [7, 11) is 0. The Kier molecular flexibility index (Phi) is 5.11. The van der Waals surface area contributed by atoms with Crippen molar-refractivity contribution < 1.29 is 4.79 Å². The lowest BCUT2D eigenvalue weighted by molar-refractivity contribution is -0.129. The third-order valence-corrected chi connectivity index (χ3v) is 6.21. The summed E-state index contributed by atoms with van der Waals surface area (Å²) in [6, 6.07) is 10.2. The molecule has 25 heavy (non-hydrogen) atoms. The first-order valence-electron chi connectivity index (χ1n) is 9.26. The van der Waals surface area contributed by atoms with Crippen molar-refractivity contribution in [3.63, 3.8) is 0 Å². The Bertz CT molecular complexity index is 703. The molecule has 4 rings (SSSR count). The fourth-order valence-electron chi connectivity index (χ4n) is 3.55. The summed E-state index contributed by atoms with van der Waals surface area (Å²) in [6.07, 6.45) is 8.85. The maximum Gasteiger partial charge on any atom is 0.232 e. The number of thioether (sulfide) groups is 1. The quantitative estimate of drug-likeness (QED) is 0.740. The molecule has 132 valence electrons. The van der Waals surface area contributed by atoms with Crippen LogP contribution in [0.1, 0.15) is 37.4 Å². The van der Waals surface area contributed by atoms with Gasteiger partial charge in [0.15, 0.2) is 0 Å². The molecular weight excluding hydrogens is 330 g/mol. The molecule has 1 aliphatic carbocycles. The van der Waals surface area contributed by atoms with Gasteiger partial charge in [0, 0.05) is 42.8 Å². The Morgan fingerprint density at radius 2 is 1.88 bits per heavy atom. The summed E-state index contributed by atoms with van der Waals surface area (Å²) in [6.45, 7) is 2.84. The van der Waals surface area contributed by atoms with Crippen LogP contribution >= 0.6 is 11.8 Å². The second-order valence-corrected chi connectivity index (χ2v) is 8.19. The molecule has 2 aliphatic rings. The molecular formula is C20H25N3OS. The predicted molar refractivity (Wildman–Crippen MR) is 101 cm³/mol. The number of likely N-dealkylation sites (tertiary alicyclic amines) is 1. The third kappa shape index (κ3) is 4.27. The molecule has 2 aromatic rings. The molecule has 4 nitrogen and oxygen atoms in total. The van der Waals surface area contributed by atoms with Crippen molar-refractivity contribution in [3.8, 4) is 0 Å². The van der Waals surface area contributed by atoms with Gasteiger partial charge in [-0.25, -0.2) is 4.98 Å². The molecule has 0 spiro atoms. The van der Waals surface area contributed by atoms with Gasteiger partial charge in [0.1, 0.15) is 5.82 Å². The SMILES string of the molecule is O=C(CSc1ccccc1)N1CCC(c2nccn2CC2CC2)CC1. The number of piperidine rings is 1. The highest BCUT2D eigenvalue weighted by Gasteiger charge is 2.28. The van der Waals surface area contributed by atoms with E-state index in [-0.39, 0.29) is 5.91 Å². The van der Waals surface area contributed by atoms with Gasteiger partial charge in [0.25, 0.3) is 0 Å². The van der Waals surface area contributed by atoms with E-state index >= 15 is 0 Å². The zero-order valence-electron chi connectivity index (χ0n) is 14.5. The maximum atomic E-state index is 12.5. The van der Waals surface area contributed by atoms with E-state index in [1.165, 1.54) is 18.7 Å². The second-order valence-electron chi connectivity index (χ2n) is 7.14. The summed E-state index contributed by atoms with van der Waals surface area (Å²) >= 11 is 1.63. The molecule has 1 aliphatic heterocycles. The molecule has 0 atom stereocenters. The van der Waals surface area contributed by atoms with Gasteiger partial charge in [-0.15, -0.1) is 11.8 Å². The topological polar surface area (TPSA) is 38.1 Å². The summed E-state index contributed by atoms with van der Waals surface area (Å²) < 4.78 is 2.35. The van der Waals surface area contributed by atoms with Crippen molar-refractivity contribution in [2.45, 2.75) is 43.0 Å². The average Bonchev–Trinajstić information content (AvgIpc) is 3.36. The van der Waals surface area contributed by atoms with E-state index < -0.39 is 0 Å². The van der Waals surface area contributed by atoms with Crippen LogP contribution in [0.4, 0.5) is 0 Å². The molecule has 2 fully saturated rings. The Hall–Kier alpha value is -1.75. The molecule has 0 unspecified atom stereocenters. The standard InChI is InChI=1S/C20H25N3OS/c24-19(15-25-18-4-2-1-3-5-18)22-11-8-17(9-12-22)20-21-10-13-23(20)14-16-6-7-16/h1-5,10,13,16-17H,6-9,11-12,14-15H2. The van der Waals surface area contributed by atoms with Crippen LogP contribution in [0.15, 0.2) is 47.6 Å². The molecule has 1 aromatic carbocycles. The molecule has 1 amide bonds. The minimum Gasteiger partial charge on any atom is -0.342 e. The highest BCUT2D eigenvalue weighted by atomic mass is 32.2. The normalized spacial score (nSPS) is 18.5. The van der Waals surface area contributed by atoms with Crippen molar-refractivity contribution in [2.75, 3.05) is 18.8 Å². The van der Waals surface area contributed by atoms with Crippen LogP contribution in [-0.4, -0.2) is 39.2 Å². The zero-order chi connectivity index (χ0) is 17.1. The van der Waals surface area contributed by atoms with Gasteiger partial charge in [-0.05, 0) is 43.7 Å². The lowest BCUT2D eigenvalue weighted by Crippen LogP contribution is -2.39. The number of hydrogen-bond donors (Lipinski definition) is 0. The molecule has 2 heterocycles. The zero-order valence-corrected chi connectivity index (χ0v) is 15.3. The number of aromatic nitrogens is 2. The van der Waals surface area contributed by atoms with Crippen molar-refractivity contribution in [2.24, 2.45) is 5.92 Å². The van der Waals surface area contributed by atoms with Gasteiger partial charge in [0.2, 0.25) is 5.91 Å². The molecule has 1 saturated heterocycles. The van der Waals surface area contributed by atoms with E-state index in [9.17, 15) is 4.79 Å². The Morgan fingerprint density at radius 1 is 1.12 bits per heavy atom. The largest absolute Gasteiger partial charge is 0.342 e. The third-order valence-electron chi connectivity index (χ3n) is 5.22. The van der Waals surface area contributed by atoms with Crippen LogP contribution in [0.3, 0.4) is 0 Å². The van der Waals surface area contributed by atoms with Crippen LogP contribution in [0, 0.1) is 5.92 Å². The number of carbonyl (C=O) groups excluding carboxylic acids is 1. The van der Waals surface area contributed by atoms with Crippen LogP contribution in [-0.2, 0) is 11.3 Å². The van der Waals surface area contributed by atoms with Crippen LogP contribution in [0.5, 0.6) is 0 Å². The van der Waals surface area contributed by atoms with E-state index in [4.69, 9.17) is 0 Å². The number of amides is 1. The van der Waals surface area contributed by atoms with E-state index in [2.05, 4.69) is 27.9 Å². The molecule has 1 saturated carbocycles. The van der Waals surface area contributed by atoms with Gasteiger partial charge in [-0.1, -0.05) is 18.2 Å². The maximum absolute atomic E-state index is 12.5. The molecule has 5 heteroatoms. The highest BCUT2D eigenvalue weighted by molar-refractivity contribution is 8.00. The highest BCUT2D eigenvalue weighted by Crippen LogP contribution is 2.33. The van der Waals surface area contributed by atoms with Gasteiger partial charge in [-0.2, -0.15) is 0 Å². The number of rotatable bonds is 6. The summed E-state index contributed by atoms with van der Waals surface area (Å²) in [5.74, 6) is 3.39. The lowest BCUT2D eigenvalue weighted by atomic mass is 9.96. The number of carbonyl (C=O) groups is 1. The van der Waals surface area contributed by atoms with Crippen LogP contribution in [0.2, 0.25) is 0 Å². The van der Waals surface area contributed by atoms with Crippen LogP contribution < -0.4 is 0 Å². The Morgan fingerprint density at radius 3 is 2.60 bits per heavy atom. The number of hydrogen-bond acceptors (Lipinski definition) is 3. The minimum absolute atomic E-state index is 0.258. The summed E-state index contributed by atoms with van der Waals surface area (Å²) in [5, 5.41) is 0. The lowest BCUT2D eigenvalue weighted by Gasteiger charge is -2.32. The molecule has 0 radical (unpaired) electrons. The monoisotopic (exact) mass is 355 g/mol. The van der Waals surface area contributed by atoms with Crippen molar-refractivity contribution in [1.29, 1.82) is 0 Å². The molecule has 1 aromatic heterocycles. The Balaban J connectivity index is 1.28. The molecule has 0 N–H and O–H groups in total. The fourth-order valence-corrected chi connectivity index (χ4v) is 4.38. The second kappa shape index (κ2) is 7.65. The van der Waals surface area contributed by atoms with E-state index in [1.807, 2.05) is 29.3 Å². The first-order valence-corrected chi connectivity index (χ1v) is 10.2. The van der Waals surface area contributed by atoms with E-state index in [0.717, 1.165) is 43.3 Å². The van der Waals surface area contributed by atoms with Crippen LogP contribution in [0.25, 0.3) is 0 Å². The Labute approximate surface area is 153 Å². The van der Waals surface area contributed by atoms with Gasteiger partial charge in [-0.3, -0.25) is 4.79 Å². The molecule has 0 bridgehead atoms. The van der Waals surface area contributed by atoms with Crippen molar-refractivity contribution in [3.05, 3.63) is 48.5 Å². The fraction of sp³-hybridized carbons (Fsp3) is 0.500. The van der Waals surface area contributed by atoms with E-state index in [1.54, 1.807) is 11.8 Å². The summed E-state index contributed by atoms with van der Waals surface area (Å²) in [5.41, 5.74) is 0. The first-order chi connectivity index (χ1) is 12.3. The van der Waals surface area contributed by atoms with E-state index in [0.29, 0.717) is 11.7 Å². The average molecular weight is 356 g/mol. The predicted octanol–water partition coefficient (Wildman–Crippen LogP) is 3.79. The smallest absolute Gasteiger partial charge is 0.232 e. The number of benzene rings is 1. The van der Waals surface area contributed by atoms with Crippen molar-refractivity contribution in [1.82, 2.24) is 14.5 Å². The minimum atomic E-state index is 0.258. The first kappa shape index (κ1) is 16.7. The van der Waals surface area contributed by atoms with Gasteiger partial charge >= 0.3 is 0 Å².